The van der Waals surface area contributed by atoms with Gasteiger partial charge in [-0.3, -0.25) is 4.79 Å². The molecule has 0 radical (unpaired) electrons. The molecule has 0 saturated heterocycles. The summed E-state index contributed by atoms with van der Waals surface area (Å²) in [5, 5.41) is 15.2. The Bertz CT molecular complexity index is 1390. The van der Waals surface area contributed by atoms with E-state index in [0.717, 1.165) is 16.3 Å². The van der Waals surface area contributed by atoms with Gasteiger partial charge in [-0.25, -0.2) is 14.6 Å². The summed E-state index contributed by atoms with van der Waals surface area (Å²) >= 11 is 7.68. The normalized spacial score (nSPS) is 11.2. The Morgan fingerprint density at radius 1 is 1.16 bits per heavy atom. The molecular weight excluding hydrogens is 434 g/mol. The fourth-order valence-electron chi connectivity index (χ4n) is 3.31. The third-order valence-electron chi connectivity index (χ3n) is 4.61. The van der Waals surface area contributed by atoms with E-state index in [1.54, 1.807) is 33.0 Å². The van der Waals surface area contributed by atoms with Crippen LogP contribution < -0.4 is 5.32 Å². The van der Waals surface area contributed by atoms with Gasteiger partial charge in [0.05, 0.1) is 29.4 Å². The minimum atomic E-state index is -0.122. The lowest BCUT2D eigenvalue weighted by atomic mass is 10.3. The van der Waals surface area contributed by atoms with Gasteiger partial charge in [0.1, 0.15) is 12.1 Å². The van der Waals surface area contributed by atoms with Crippen LogP contribution >= 0.6 is 22.9 Å². The molecule has 0 saturated carbocycles. The van der Waals surface area contributed by atoms with E-state index in [-0.39, 0.29) is 5.91 Å². The van der Waals surface area contributed by atoms with Crippen LogP contribution in [0, 0.1) is 6.92 Å². The van der Waals surface area contributed by atoms with Crippen molar-refractivity contribution in [1.29, 1.82) is 0 Å². The first-order chi connectivity index (χ1) is 15.1. The number of nitrogens with zero attached hydrogens (tertiary/aromatic N) is 6. The molecule has 5 rings (SSSR count). The van der Waals surface area contributed by atoms with Crippen LogP contribution in [0.5, 0.6) is 0 Å². The first-order valence-corrected chi connectivity index (χ1v) is 10.7. The standard InChI is InChI=1S/C21H16ClN7OS/c1-13-8-18(26-19(30)10-16-6-3-7-31-16)29(27-13)21-17-11-25-28(20(17)23-12-24-21)15-5-2-4-14(22)9-15/h2-9,11-12H,10H2,1H3,(H,26,30). The molecule has 8 nitrogen and oxygen atoms in total. The lowest BCUT2D eigenvalue weighted by Crippen LogP contribution is -2.17. The summed E-state index contributed by atoms with van der Waals surface area (Å²) in [6, 6.07) is 13.0. The van der Waals surface area contributed by atoms with Crippen LogP contribution in [0.15, 0.2) is 60.4 Å². The van der Waals surface area contributed by atoms with Gasteiger partial charge in [-0.1, -0.05) is 23.7 Å². The Morgan fingerprint density at radius 3 is 2.87 bits per heavy atom. The van der Waals surface area contributed by atoms with Crippen LogP contribution in [-0.2, 0) is 11.2 Å². The van der Waals surface area contributed by atoms with Crippen molar-refractivity contribution in [2.45, 2.75) is 13.3 Å². The molecule has 4 aromatic heterocycles. The van der Waals surface area contributed by atoms with Gasteiger partial charge in [0.25, 0.3) is 0 Å². The Labute approximate surface area is 186 Å². The number of thiophene rings is 1. The molecule has 154 valence electrons. The maximum atomic E-state index is 12.5. The summed E-state index contributed by atoms with van der Waals surface area (Å²) in [5.74, 6) is 0.941. The molecule has 1 amide bonds. The average Bonchev–Trinajstić information content (AvgIpc) is 3.48. The molecule has 0 bridgehead atoms. The number of hydrogen-bond acceptors (Lipinski definition) is 6. The van der Waals surface area contributed by atoms with E-state index in [1.165, 1.54) is 6.33 Å². The van der Waals surface area contributed by atoms with Crippen LogP contribution in [-0.4, -0.2) is 35.4 Å². The van der Waals surface area contributed by atoms with Crippen molar-refractivity contribution < 1.29 is 4.79 Å². The fourth-order valence-corrected chi connectivity index (χ4v) is 4.19. The van der Waals surface area contributed by atoms with Gasteiger partial charge in [0.2, 0.25) is 5.91 Å². The molecule has 0 atom stereocenters. The summed E-state index contributed by atoms with van der Waals surface area (Å²) < 4.78 is 3.30. The predicted octanol–water partition coefficient (Wildman–Crippen LogP) is 4.21. The Balaban J connectivity index is 1.54. The number of fused-ring (bicyclic) bond motifs is 1. The lowest BCUT2D eigenvalue weighted by molar-refractivity contribution is -0.115. The Morgan fingerprint density at radius 2 is 2.06 bits per heavy atom. The summed E-state index contributed by atoms with van der Waals surface area (Å²) in [4.78, 5) is 22.4. The van der Waals surface area contributed by atoms with Gasteiger partial charge < -0.3 is 5.32 Å². The van der Waals surface area contributed by atoms with Crippen molar-refractivity contribution in [2.24, 2.45) is 0 Å². The summed E-state index contributed by atoms with van der Waals surface area (Å²) in [5.41, 5.74) is 2.14. The first-order valence-electron chi connectivity index (χ1n) is 9.42. The number of benzene rings is 1. The van der Waals surface area contributed by atoms with Gasteiger partial charge in [0, 0.05) is 16.0 Å². The first kappa shape index (κ1) is 19.4. The molecule has 0 aliphatic carbocycles. The van der Waals surface area contributed by atoms with Crippen LogP contribution in [0.1, 0.15) is 10.6 Å². The third kappa shape index (κ3) is 3.80. The number of carbonyl (C=O) groups is 1. The van der Waals surface area contributed by atoms with Gasteiger partial charge in [-0.2, -0.15) is 14.9 Å². The molecule has 0 aliphatic rings. The maximum Gasteiger partial charge on any atom is 0.230 e. The van der Waals surface area contributed by atoms with Gasteiger partial charge in [-0.15, -0.1) is 11.3 Å². The van der Waals surface area contributed by atoms with Gasteiger partial charge >= 0.3 is 0 Å². The number of aromatic nitrogens is 6. The Hall–Kier alpha value is -3.56. The van der Waals surface area contributed by atoms with Crippen LogP contribution in [0.25, 0.3) is 22.5 Å². The van der Waals surface area contributed by atoms with Crippen molar-refractivity contribution in [3.05, 3.63) is 76.0 Å². The van der Waals surface area contributed by atoms with Crippen molar-refractivity contribution in [2.75, 3.05) is 5.32 Å². The minimum absolute atomic E-state index is 0.122. The van der Waals surface area contributed by atoms with Gasteiger partial charge in [-0.05, 0) is 36.6 Å². The number of aryl methyl sites for hydroxylation is 1. The molecule has 5 aromatic rings. The van der Waals surface area contributed by atoms with Crippen molar-refractivity contribution in [3.63, 3.8) is 0 Å². The fraction of sp³-hybridized carbons (Fsp3) is 0.0952. The highest BCUT2D eigenvalue weighted by molar-refractivity contribution is 7.10. The number of rotatable bonds is 5. The van der Waals surface area contributed by atoms with Crippen LogP contribution in [0.3, 0.4) is 0 Å². The molecule has 4 heterocycles. The van der Waals surface area contributed by atoms with E-state index in [0.29, 0.717) is 34.1 Å². The average molecular weight is 450 g/mol. The highest BCUT2D eigenvalue weighted by Gasteiger charge is 2.18. The third-order valence-corrected chi connectivity index (χ3v) is 5.72. The number of amides is 1. The second-order valence-electron chi connectivity index (χ2n) is 6.86. The van der Waals surface area contributed by atoms with E-state index < -0.39 is 0 Å². The van der Waals surface area contributed by atoms with E-state index in [9.17, 15) is 4.79 Å². The zero-order chi connectivity index (χ0) is 21.4. The van der Waals surface area contributed by atoms with Crippen molar-refractivity contribution in [1.82, 2.24) is 29.5 Å². The van der Waals surface area contributed by atoms with Gasteiger partial charge in [0.15, 0.2) is 11.5 Å². The highest BCUT2D eigenvalue weighted by atomic mass is 35.5. The van der Waals surface area contributed by atoms with Crippen LogP contribution in [0.2, 0.25) is 5.02 Å². The molecule has 1 N–H and O–H groups in total. The monoisotopic (exact) mass is 449 g/mol. The largest absolute Gasteiger partial charge is 0.310 e. The van der Waals surface area contributed by atoms with E-state index in [2.05, 4.69) is 25.5 Å². The Kier molecular flexibility index (Phi) is 4.97. The van der Waals surface area contributed by atoms with E-state index in [4.69, 9.17) is 11.6 Å². The molecule has 10 heteroatoms. The predicted molar refractivity (Wildman–Crippen MR) is 120 cm³/mol. The second-order valence-corrected chi connectivity index (χ2v) is 8.33. The highest BCUT2D eigenvalue weighted by Crippen LogP contribution is 2.25. The van der Waals surface area contributed by atoms with E-state index in [1.807, 2.05) is 48.7 Å². The van der Waals surface area contributed by atoms with E-state index >= 15 is 0 Å². The van der Waals surface area contributed by atoms with Crippen molar-refractivity contribution in [3.8, 4) is 11.5 Å². The maximum absolute atomic E-state index is 12.5. The number of nitrogens with one attached hydrogen (secondary N) is 1. The molecule has 31 heavy (non-hydrogen) atoms. The quantitative estimate of drug-likeness (QED) is 0.434. The molecule has 0 fully saturated rings. The molecule has 0 unspecified atom stereocenters. The number of anilines is 1. The smallest absolute Gasteiger partial charge is 0.230 e. The van der Waals surface area contributed by atoms with Crippen LogP contribution in [0.4, 0.5) is 5.82 Å². The lowest BCUT2D eigenvalue weighted by Gasteiger charge is -2.09. The molecular formula is C21H16ClN7OS. The summed E-state index contributed by atoms with van der Waals surface area (Å²) in [6.07, 6.45) is 3.43. The zero-order valence-electron chi connectivity index (χ0n) is 16.4. The molecule has 0 aliphatic heterocycles. The summed E-state index contributed by atoms with van der Waals surface area (Å²) in [6.45, 7) is 1.86. The molecule has 0 spiro atoms. The van der Waals surface area contributed by atoms with Crippen molar-refractivity contribution >= 4 is 45.7 Å². The second kappa shape index (κ2) is 7.93. The SMILES string of the molecule is Cc1cc(NC(=O)Cc2cccs2)n(-c2ncnc3c2cnn3-c2cccc(Cl)c2)n1. The number of hydrogen-bond donors (Lipinski definition) is 1. The molecule has 1 aromatic carbocycles. The topological polar surface area (TPSA) is 90.5 Å². The zero-order valence-corrected chi connectivity index (χ0v) is 17.9. The minimum Gasteiger partial charge on any atom is -0.310 e. The number of carbonyl (C=O) groups excluding carboxylic acids is 1. The summed E-state index contributed by atoms with van der Waals surface area (Å²) in [7, 11) is 0. The number of halogens is 1.